The predicted octanol–water partition coefficient (Wildman–Crippen LogP) is 3.57. The molecule has 0 saturated heterocycles. The zero-order valence-electron chi connectivity index (χ0n) is 12.4. The molecule has 2 rings (SSSR count). The van der Waals surface area contributed by atoms with Gasteiger partial charge >= 0.3 is 6.18 Å². The van der Waals surface area contributed by atoms with Gasteiger partial charge in [0.1, 0.15) is 0 Å². The van der Waals surface area contributed by atoms with Crippen molar-refractivity contribution < 1.29 is 13.2 Å². The highest BCUT2D eigenvalue weighted by Gasteiger charge is 2.39. The molecule has 0 amide bonds. The Bertz CT molecular complexity index is 294. The van der Waals surface area contributed by atoms with Gasteiger partial charge < -0.3 is 5.32 Å². The van der Waals surface area contributed by atoms with E-state index in [4.69, 9.17) is 0 Å². The molecule has 5 heteroatoms. The maximum atomic E-state index is 12.7. The molecule has 2 aliphatic carbocycles. The van der Waals surface area contributed by atoms with Crippen LogP contribution in [-0.2, 0) is 0 Å². The fourth-order valence-electron chi connectivity index (χ4n) is 3.42. The first-order valence-electron chi connectivity index (χ1n) is 7.95. The molecule has 0 bridgehead atoms. The van der Waals surface area contributed by atoms with Gasteiger partial charge in [-0.1, -0.05) is 19.8 Å². The first-order valence-corrected chi connectivity index (χ1v) is 7.95. The van der Waals surface area contributed by atoms with E-state index in [2.05, 4.69) is 5.32 Å². The second-order valence-electron chi connectivity index (χ2n) is 6.69. The summed E-state index contributed by atoms with van der Waals surface area (Å²) in [5, 5.41) is 3.54. The van der Waals surface area contributed by atoms with Crippen molar-refractivity contribution in [2.24, 2.45) is 5.41 Å². The normalized spacial score (nSPS) is 22.6. The molecule has 118 valence electrons. The molecule has 0 unspecified atom stereocenters. The molecule has 0 spiro atoms. The Morgan fingerprint density at radius 2 is 1.85 bits per heavy atom. The lowest BCUT2D eigenvalue weighted by atomic mass is 9.85. The molecule has 0 heterocycles. The monoisotopic (exact) mass is 292 g/mol. The summed E-state index contributed by atoms with van der Waals surface area (Å²) in [5.74, 6) is 0. The Hall–Kier alpha value is -0.290. The largest absolute Gasteiger partial charge is 0.401 e. The van der Waals surface area contributed by atoms with Crippen LogP contribution in [0.3, 0.4) is 0 Å². The van der Waals surface area contributed by atoms with Gasteiger partial charge in [-0.05, 0) is 44.1 Å². The molecule has 2 aliphatic rings. The van der Waals surface area contributed by atoms with Crippen molar-refractivity contribution in [2.75, 3.05) is 26.2 Å². The average molecular weight is 292 g/mol. The molecule has 1 N–H and O–H groups in total. The van der Waals surface area contributed by atoms with Gasteiger partial charge in [-0.15, -0.1) is 0 Å². The molecule has 2 fully saturated rings. The number of hydrogen-bond donors (Lipinski definition) is 1. The third-order valence-corrected chi connectivity index (χ3v) is 4.51. The zero-order valence-corrected chi connectivity index (χ0v) is 12.4. The molecular formula is C15H27F3N2. The quantitative estimate of drug-likeness (QED) is 0.735. The number of halogens is 3. The van der Waals surface area contributed by atoms with Gasteiger partial charge in [0.25, 0.3) is 0 Å². The summed E-state index contributed by atoms with van der Waals surface area (Å²) in [6, 6.07) is 0.634. The van der Waals surface area contributed by atoms with E-state index in [-0.39, 0.29) is 5.41 Å². The Labute approximate surface area is 120 Å². The van der Waals surface area contributed by atoms with Crippen molar-refractivity contribution in [2.45, 2.75) is 64.1 Å². The summed E-state index contributed by atoms with van der Waals surface area (Å²) in [6.07, 6.45) is 3.64. The summed E-state index contributed by atoms with van der Waals surface area (Å²) >= 11 is 0. The lowest BCUT2D eigenvalue weighted by molar-refractivity contribution is -0.149. The second-order valence-corrected chi connectivity index (χ2v) is 6.69. The molecule has 0 radical (unpaired) electrons. The Kier molecular flexibility index (Phi) is 5.35. The molecule has 2 nitrogen and oxygen atoms in total. The van der Waals surface area contributed by atoms with Gasteiger partial charge in [0, 0.05) is 19.1 Å². The van der Waals surface area contributed by atoms with Gasteiger partial charge in [-0.2, -0.15) is 13.2 Å². The van der Waals surface area contributed by atoms with Crippen molar-refractivity contribution in [3.63, 3.8) is 0 Å². The minimum Gasteiger partial charge on any atom is -0.313 e. The minimum atomic E-state index is -4.08. The predicted molar refractivity (Wildman–Crippen MR) is 74.7 cm³/mol. The Balaban J connectivity index is 1.92. The van der Waals surface area contributed by atoms with Crippen LogP contribution in [0.5, 0.6) is 0 Å². The van der Waals surface area contributed by atoms with Crippen molar-refractivity contribution in [1.82, 2.24) is 10.2 Å². The highest BCUT2D eigenvalue weighted by Crippen LogP contribution is 2.39. The first-order chi connectivity index (χ1) is 9.42. The van der Waals surface area contributed by atoms with Gasteiger partial charge in [-0.3, -0.25) is 4.90 Å². The van der Waals surface area contributed by atoms with Crippen LogP contribution in [0.15, 0.2) is 0 Å². The van der Waals surface area contributed by atoms with E-state index in [0.717, 1.165) is 25.8 Å². The van der Waals surface area contributed by atoms with E-state index < -0.39 is 12.7 Å². The molecular weight excluding hydrogens is 265 g/mol. The first kappa shape index (κ1) is 16.1. The van der Waals surface area contributed by atoms with Gasteiger partial charge in [0.2, 0.25) is 0 Å². The van der Waals surface area contributed by atoms with Crippen LogP contribution >= 0.6 is 0 Å². The summed E-state index contributed by atoms with van der Waals surface area (Å²) < 4.78 is 38.1. The van der Waals surface area contributed by atoms with Crippen LogP contribution in [0.1, 0.15) is 51.9 Å². The topological polar surface area (TPSA) is 15.3 Å². The molecule has 20 heavy (non-hydrogen) atoms. The summed E-state index contributed by atoms with van der Waals surface area (Å²) in [4.78, 5) is 1.62. The minimum absolute atomic E-state index is 0.0724. The van der Waals surface area contributed by atoms with Crippen LogP contribution in [0.2, 0.25) is 0 Å². The average Bonchev–Trinajstić information content (AvgIpc) is 3.06. The third kappa shape index (κ3) is 5.24. The lowest BCUT2D eigenvalue weighted by Crippen LogP contribution is -2.46. The van der Waals surface area contributed by atoms with Crippen molar-refractivity contribution in [3.05, 3.63) is 0 Å². The summed E-state index contributed by atoms with van der Waals surface area (Å²) in [7, 11) is 0. The van der Waals surface area contributed by atoms with E-state index >= 15 is 0 Å². The number of nitrogens with one attached hydrogen (secondary N) is 1. The molecule has 0 aromatic carbocycles. The molecule has 0 atom stereocenters. The van der Waals surface area contributed by atoms with Gasteiger partial charge in [-0.25, -0.2) is 0 Å². The Morgan fingerprint density at radius 3 is 2.35 bits per heavy atom. The van der Waals surface area contributed by atoms with Gasteiger partial charge in [0.05, 0.1) is 6.54 Å². The number of alkyl halides is 3. The molecule has 2 saturated carbocycles. The highest BCUT2D eigenvalue weighted by molar-refractivity contribution is 4.92. The maximum Gasteiger partial charge on any atom is 0.401 e. The number of nitrogens with zero attached hydrogens (tertiary/aromatic N) is 1. The number of hydrogen-bond acceptors (Lipinski definition) is 2. The third-order valence-electron chi connectivity index (χ3n) is 4.51. The van der Waals surface area contributed by atoms with E-state index in [1.807, 2.05) is 6.92 Å². The molecule has 0 aliphatic heterocycles. The summed E-state index contributed by atoms with van der Waals surface area (Å²) in [6.45, 7) is 3.24. The Morgan fingerprint density at radius 1 is 1.20 bits per heavy atom. The highest BCUT2D eigenvalue weighted by atomic mass is 19.4. The van der Waals surface area contributed by atoms with Crippen LogP contribution < -0.4 is 5.32 Å². The zero-order chi connectivity index (χ0) is 14.6. The van der Waals surface area contributed by atoms with Crippen LogP contribution in [0, 0.1) is 5.41 Å². The van der Waals surface area contributed by atoms with Crippen molar-refractivity contribution in [3.8, 4) is 0 Å². The van der Waals surface area contributed by atoms with E-state index in [1.54, 1.807) is 4.90 Å². The second kappa shape index (κ2) is 6.65. The van der Waals surface area contributed by atoms with E-state index in [9.17, 15) is 13.2 Å². The van der Waals surface area contributed by atoms with Crippen molar-refractivity contribution >= 4 is 0 Å². The lowest BCUT2D eigenvalue weighted by Gasteiger charge is -2.36. The SMILES string of the molecule is CCCN(CC(F)(F)F)CC1(CNC2CC2)CCCC1. The molecule has 0 aromatic heterocycles. The van der Waals surface area contributed by atoms with E-state index in [1.165, 1.54) is 25.7 Å². The maximum absolute atomic E-state index is 12.7. The fourth-order valence-corrected chi connectivity index (χ4v) is 3.42. The standard InChI is InChI=1S/C15H27F3N2/c1-2-9-20(12-15(16,17)18)11-14(7-3-4-8-14)10-19-13-5-6-13/h13,19H,2-12H2,1H3. The number of rotatable bonds is 8. The summed E-state index contributed by atoms with van der Waals surface area (Å²) in [5.41, 5.74) is 0.0724. The van der Waals surface area contributed by atoms with Gasteiger partial charge in [0.15, 0.2) is 0 Å². The smallest absolute Gasteiger partial charge is 0.313 e. The van der Waals surface area contributed by atoms with Crippen molar-refractivity contribution in [1.29, 1.82) is 0 Å². The van der Waals surface area contributed by atoms with Crippen LogP contribution in [0.4, 0.5) is 13.2 Å². The van der Waals surface area contributed by atoms with Crippen LogP contribution in [0.25, 0.3) is 0 Å². The van der Waals surface area contributed by atoms with E-state index in [0.29, 0.717) is 19.1 Å². The fraction of sp³-hybridized carbons (Fsp3) is 1.00. The van der Waals surface area contributed by atoms with Crippen LogP contribution in [-0.4, -0.2) is 43.3 Å². The molecule has 0 aromatic rings.